The number of carbonyl (C=O) groups excluding carboxylic acids is 3. The standard InChI is InChI=1S/C17H22N2O4S/c1-19(2)16(21)9-18-15(20)10-23-17(22)11-24-14-7-6-12-4-3-5-13(12)8-14/h6-8H,3-5,9-11H2,1-2H3,(H,18,20). The fourth-order valence-electron chi connectivity index (χ4n) is 2.35. The molecule has 2 rings (SSSR count). The first kappa shape index (κ1) is 18.3. The van der Waals surface area contributed by atoms with Crippen molar-refractivity contribution >= 4 is 29.5 Å². The second-order valence-electron chi connectivity index (χ2n) is 5.80. The minimum absolute atomic E-state index is 0.104. The molecule has 2 amide bonds. The Kier molecular flexibility index (Phi) is 6.66. The van der Waals surface area contributed by atoms with Gasteiger partial charge in [0.25, 0.3) is 5.91 Å². The highest BCUT2D eigenvalue weighted by Crippen LogP contribution is 2.27. The molecule has 0 radical (unpaired) electrons. The number of nitrogens with zero attached hydrogens (tertiary/aromatic N) is 1. The Morgan fingerprint density at radius 3 is 2.71 bits per heavy atom. The summed E-state index contributed by atoms with van der Waals surface area (Å²) in [6.07, 6.45) is 3.42. The van der Waals surface area contributed by atoms with E-state index in [1.165, 1.54) is 34.2 Å². The van der Waals surface area contributed by atoms with Gasteiger partial charge in [-0.25, -0.2) is 0 Å². The molecule has 0 saturated heterocycles. The van der Waals surface area contributed by atoms with Crippen LogP contribution in [-0.2, 0) is 32.0 Å². The molecule has 0 aliphatic heterocycles. The summed E-state index contributed by atoms with van der Waals surface area (Å²) in [5.74, 6) is -1.000. The molecule has 0 unspecified atom stereocenters. The molecule has 1 aliphatic carbocycles. The number of carbonyl (C=O) groups is 3. The van der Waals surface area contributed by atoms with Crippen LogP contribution in [0.1, 0.15) is 17.5 Å². The Hall–Kier alpha value is -2.02. The highest BCUT2D eigenvalue weighted by atomic mass is 32.2. The van der Waals surface area contributed by atoms with E-state index in [0.29, 0.717) is 0 Å². The number of hydrogen-bond donors (Lipinski definition) is 1. The molecule has 0 fully saturated rings. The van der Waals surface area contributed by atoms with E-state index in [9.17, 15) is 14.4 Å². The third-order valence-electron chi connectivity index (χ3n) is 3.73. The van der Waals surface area contributed by atoms with E-state index in [2.05, 4.69) is 17.4 Å². The van der Waals surface area contributed by atoms with Crippen LogP contribution in [0.15, 0.2) is 23.1 Å². The highest BCUT2D eigenvalue weighted by Gasteiger charge is 2.13. The van der Waals surface area contributed by atoms with Crippen molar-refractivity contribution < 1.29 is 19.1 Å². The maximum atomic E-state index is 11.7. The van der Waals surface area contributed by atoms with Gasteiger partial charge in [-0.15, -0.1) is 11.8 Å². The van der Waals surface area contributed by atoms with E-state index in [4.69, 9.17) is 4.74 Å². The van der Waals surface area contributed by atoms with Gasteiger partial charge in [-0.3, -0.25) is 14.4 Å². The zero-order chi connectivity index (χ0) is 17.5. The molecular weight excluding hydrogens is 328 g/mol. The van der Waals surface area contributed by atoms with Crippen LogP contribution in [0, 0.1) is 0 Å². The lowest BCUT2D eigenvalue weighted by Gasteiger charge is -2.11. The van der Waals surface area contributed by atoms with Gasteiger partial charge in [-0.1, -0.05) is 6.07 Å². The van der Waals surface area contributed by atoms with Crippen molar-refractivity contribution in [2.24, 2.45) is 0 Å². The number of hydrogen-bond acceptors (Lipinski definition) is 5. The third kappa shape index (κ3) is 5.56. The van der Waals surface area contributed by atoms with Gasteiger partial charge in [0.15, 0.2) is 6.61 Å². The number of rotatable bonds is 7. The molecule has 0 bridgehead atoms. The van der Waals surface area contributed by atoms with Crippen LogP contribution in [-0.4, -0.2) is 55.7 Å². The molecule has 0 atom stereocenters. The van der Waals surface area contributed by atoms with Crippen molar-refractivity contribution in [1.82, 2.24) is 10.2 Å². The number of esters is 1. The van der Waals surface area contributed by atoms with E-state index in [1.54, 1.807) is 14.1 Å². The molecule has 0 saturated carbocycles. The van der Waals surface area contributed by atoms with E-state index in [-0.39, 0.29) is 24.8 Å². The largest absolute Gasteiger partial charge is 0.455 e. The fourth-order valence-corrected chi connectivity index (χ4v) is 3.11. The lowest BCUT2D eigenvalue weighted by molar-refractivity contribution is -0.146. The molecule has 130 valence electrons. The Labute approximate surface area is 145 Å². The molecule has 7 heteroatoms. The second kappa shape index (κ2) is 8.73. The maximum Gasteiger partial charge on any atom is 0.316 e. The minimum atomic E-state index is -0.485. The summed E-state index contributed by atoms with van der Waals surface area (Å²) in [6.45, 7) is -0.475. The smallest absolute Gasteiger partial charge is 0.316 e. The molecule has 0 spiro atoms. The number of nitrogens with one attached hydrogen (secondary N) is 1. The number of fused-ring (bicyclic) bond motifs is 1. The third-order valence-corrected chi connectivity index (χ3v) is 4.69. The van der Waals surface area contributed by atoms with Crippen molar-refractivity contribution in [3.63, 3.8) is 0 Å². The highest BCUT2D eigenvalue weighted by molar-refractivity contribution is 8.00. The monoisotopic (exact) mass is 350 g/mol. The first-order chi connectivity index (χ1) is 11.5. The number of ether oxygens (including phenoxy) is 1. The van der Waals surface area contributed by atoms with Crippen LogP contribution >= 0.6 is 11.8 Å². The number of likely N-dealkylation sites (N-methyl/N-ethyl adjacent to an activating group) is 1. The Balaban J connectivity index is 1.66. The normalized spacial score (nSPS) is 12.4. The van der Waals surface area contributed by atoms with Crippen LogP contribution in [0.25, 0.3) is 0 Å². The van der Waals surface area contributed by atoms with Crippen molar-refractivity contribution in [2.45, 2.75) is 24.2 Å². The van der Waals surface area contributed by atoms with E-state index >= 15 is 0 Å². The van der Waals surface area contributed by atoms with Gasteiger partial charge in [0, 0.05) is 19.0 Å². The summed E-state index contributed by atoms with van der Waals surface area (Å²) in [6, 6.07) is 6.26. The first-order valence-electron chi connectivity index (χ1n) is 7.83. The predicted octanol–water partition coefficient (Wildman–Crippen LogP) is 1.02. The number of thioether (sulfide) groups is 1. The molecule has 24 heavy (non-hydrogen) atoms. The molecule has 0 aromatic heterocycles. The zero-order valence-electron chi connectivity index (χ0n) is 14.0. The summed E-state index contributed by atoms with van der Waals surface area (Å²) in [5.41, 5.74) is 2.75. The van der Waals surface area contributed by atoms with E-state index < -0.39 is 11.9 Å². The maximum absolute atomic E-state index is 11.7. The van der Waals surface area contributed by atoms with Gasteiger partial charge in [-0.2, -0.15) is 0 Å². The van der Waals surface area contributed by atoms with Gasteiger partial charge in [-0.05, 0) is 42.5 Å². The lowest BCUT2D eigenvalue weighted by Crippen LogP contribution is -2.38. The Morgan fingerprint density at radius 2 is 1.96 bits per heavy atom. The molecule has 1 aliphatic rings. The average Bonchev–Trinajstić information content (AvgIpc) is 3.03. The quantitative estimate of drug-likeness (QED) is 0.587. The van der Waals surface area contributed by atoms with Gasteiger partial charge in [0.2, 0.25) is 5.91 Å². The van der Waals surface area contributed by atoms with Crippen LogP contribution < -0.4 is 5.32 Å². The molecule has 1 aromatic rings. The average molecular weight is 350 g/mol. The van der Waals surface area contributed by atoms with Crippen molar-refractivity contribution in [1.29, 1.82) is 0 Å². The van der Waals surface area contributed by atoms with Crippen molar-refractivity contribution in [3.05, 3.63) is 29.3 Å². The van der Waals surface area contributed by atoms with E-state index in [0.717, 1.165) is 17.7 Å². The van der Waals surface area contributed by atoms with Crippen LogP contribution in [0.2, 0.25) is 0 Å². The summed E-state index contributed by atoms with van der Waals surface area (Å²) in [4.78, 5) is 36.9. The topological polar surface area (TPSA) is 75.7 Å². The summed E-state index contributed by atoms with van der Waals surface area (Å²) in [7, 11) is 3.20. The van der Waals surface area contributed by atoms with Crippen LogP contribution in [0.4, 0.5) is 0 Å². The van der Waals surface area contributed by atoms with Crippen LogP contribution in [0.5, 0.6) is 0 Å². The van der Waals surface area contributed by atoms with Gasteiger partial charge >= 0.3 is 5.97 Å². The van der Waals surface area contributed by atoms with Crippen molar-refractivity contribution in [2.75, 3.05) is 33.0 Å². The Morgan fingerprint density at radius 1 is 1.21 bits per heavy atom. The number of benzene rings is 1. The second-order valence-corrected chi connectivity index (χ2v) is 6.85. The lowest BCUT2D eigenvalue weighted by atomic mass is 10.1. The number of amides is 2. The molecule has 1 aromatic carbocycles. The van der Waals surface area contributed by atoms with Gasteiger partial charge in [0.1, 0.15) is 0 Å². The minimum Gasteiger partial charge on any atom is -0.455 e. The molecule has 1 N–H and O–H groups in total. The van der Waals surface area contributed by atoms with Crippen molar-refractivity contribution in [3.8, 4) is 0 Å². The van der Waals surface area contributed by atoms with Crippen LogP contribution in [0.3, 0.4) is 0 Å². The first-order valence-corrected chi connectivity index (χ1v) is 8.81. The Bertz CT molecular complexity index is 631. The van der Waals surface area contributed by atoms with E-state index in [1.807, 2.05) is 6.07 Å². The fraction of sp³-hybridized carbons (Fsp3) is 0.471. The molecule has 6 nitrogen and oxygen atoms in total. The predicted molar refractivity (Wildman–Crippen MR) is 91.9 cm³/mol. The summed E-state index contributed by atoms with van der Waals surface area (Å²) in [5, 5.41) is 2.41. The summed E-state index contributed by atoms with van der Waals surface area (Å²) < 4.78 is 4.91. The SMILES string of the molecule is CN(C)C(=O)CNC(=O)COC(=O)CSc1ccc2c(c1)CCC2. The molecular formula is C17H22N2O4S. The zero-order valence-corrected chi connectivity index (χ0v) is 14.8. The number of aryl methyl sites for hydroxylation is 2. The van der Waals surface area contributed by atoms with Gasteiger partial charge < -0.3 is 15.0 Å². The van der Waals surface area contributed by atoms with Gasteiger partial charge in [0.05, 0.1) is 12.3 Å². The summed E-state index contributed by atoms with van der Waals surface area (Å²) >= 11 is 1.40. The molecule has 0 heterocycles.